The van der Waals surface area contributed by atoms with Gasteiger partial charge in [0.25, 0.3) is 0 Å². The van der Waals surface area contributed by atoms with Gasteiger partial charge in [-0.1, -0.05) is 30.3 Å². The Morgan fingerprint density at radius 3 is 2.53 bits per heavy atom. The van der Waals surface area contributed by atoms with Crippen LogP contribution in [0.3, 0.4) is 0 Å². The molecule has 1 aliphatic rings. The minimum absolute atomic E-state index is 0.0285. The molecule has 8 heteroatoms. The van der Waals surface area contributed by atoms with E-state index in [1.165, 1.54) is 0 Å². The number of amides is 1. The summed E-state index contributed by atoms with van der Waals surface area (Å²) in [5.74, 6) is -0.0871. The Hall–Kier alpha value is -2.68. The second kappa shape index (κ2) is 10.7. The molecule has 0 aliphatic heterocycles. The van der Waals surface area contributed by atoms with Crippen LogP contribution < -0.4 is 10.0 Å². The molecule has 1 fully saturated rings. The zero-order chi connectivity index (χ0) is 24.1. The molecule has 0 unspecified atom stereocenters. The molecule has 1 saturated carbocycles. The molecule has 34 heavy (non-hydrogen) atoms. The third kappa shape index (κ3) is 5.68. The SMILES string of the molecule is COCC[C@@H](NC(=O)[C@H]1CC[C@H](NS(=O)(=O)c2ccc3c(ccn3C)c2)CC1)c1ccccc1. The average Bonchev–Trinajstić information content (AvgIpc) is 3.22. The predicted molar refractivity (Wildman–Crippen MR) is 133 cm³/mol. The molecule has 1 atom stereocenters. The maximum Gasteiger partial charge on any atom is 0.240 e. The van der Waals surface area contributed by atoms with Gasteiger partial charge in [-0.25, -0.2) is 13.1 Å². The van der Waals surface area contributed by atoms with Gasteiger partial charge in [0.1, 0.15) is 0 Å². The minimum Gasteiger partial charge on any atom is -0.385 e. The number of aromatic nitrogens is 1. The van der Waals surface area contributed by atoms with Gasteiger partial charge in [-0.15, -0.1) is 0 Å². The van der Waals surface area contributed by atoms with E-state index in [0.29, 0.717) is 38.7 Å². The van der Waals surface area contributed by atoms with Crippen LogP contribution in [0.15, 0.2) is 65.7 Å². The number of hydrogen-bond acceptors (Lipinski definition) is 4. The van der Waals surface area contributed by atoms with Gasteiger partial charge in [-0.3, -0.25) is 4.79 Å². The van der Waals surface area contributed by atoms with E-state index in [0.717, 1.165) is 16.5 Å². The number of nitrogens with one attached hydrogen (secondary N) is 2. The number of carbonyl (C=O) groups is 1. The molecule has 1 aromatic heterocycles. The number of sulfonamides is 1. The number of aryl methyl sites for hydroxylation is 1. The largest absolute Gasteiger partial charge is 0.385 e. The molecule has 182 valence electrons. The molecule has 2 aromatic carbocycles. The first-order valence-electron chi connectivity index (χ1n) is 11.8. The van der Waals surface area contributed by atoms with Crippen LogP contribution in [0.1, 0.15) is 43.7 Å². The first-order chi connectivity index (χ1) is 16.4. The number of carbonyl (C=O) groups excluding carboxylic acids is 1. The Labute approximate surface area is 201 Å². The van der Waals surface area contributed by atoms with Gasteiger partial charge in [0, 0.05) is 49.8 Å². The number of fused-ring (bicyclic) bond motifs is 1. The lowest BCUT2D eigenvalue weighted by Gasteiger charge is -2.30. The van der Waals surface area contributed by atoms with E-state index in [2.05, 4.69) is 10.0 Å². The van der Waals surface area contributed by atoms with Gasteiger partial charge in [-0.05, 0) is 61.9 Å². The van der Waals surface area contributed by atoms with Crippen LogP contribution in [0, 0.1) is 5.92 Å². The quantitative estimate of drug-likeness (QED) is 0.483. The number of benzene rings is 2. The van der Waals surface area contributed by atoms with E-state index < -0.39 is 10.0 Å². The molecule has 2 N–H and O–H groups in total. The van der Waals surface area contributed by atoms with E-state index >= 15 is 0 Å². The normalized spacial score (nSPS) is 19.7. The van der Waals surface area contributed by atoms with Crippen LogP contribution in [0.4, 0.5) is 0 Å². The van der Waals surface area contributed by atoms with Gasteiger partial charge in [0.2, 0.25) is 15.9 Å². The van der Waals surface area contributed by atoms with E-state index in [-0.39, 0.29) is 28.8 Å². The Kier molecular flexibility index (Phi) is 7.70. The molecule has 0 saturated heterocycles. The molecule has 1 aliphatic carbocycles. The second-order valence-corrected chi connectivity index (χ2v) is 10.8. The first kappa shape index (κ1) is 24.4. The molecule has 1 amide bonds. The first-order valence-corrected chi connectivity index (χ1v) is 13.3. The Bertz CT molecular complexity index is 1220. The second-order valence-electron chi connectivity index (χ2n) is 9.07. The highest BCUT2D eigenvalue weighted by molar-refractivity contribution is 7.89. The van der Waals surface area contributed by atoms with Gasteiger partial charge in [-0.2, -0.15) is 0 Å². The molecule has 7 nitrogen and oxygen atoms in total. The summed E-state index contributed by atoms with van der Waals surface area (Å²) in [5, 5.41) is 4.08. The molecule has 0 spiro atoms. The fourth-order valence-electron chi connectivity index (χ4n) is 4.72. The molecule has 3 aromatic rings. The average molecular weight is 484 g/mol. The lowest BCUT2D eigenvalue weighted by molar-refractivity contribution is -0.126. The topological polar surface area (TPSA) is 89.4 Å². The Morgan fingerprint density at radius 1 is 1.09 bits per heavy atom. The molecular weight excluding hydrogens is 450 g/mol. The van der Waals surface area contributed by atoms with Crippen molar-refractivity contribution in [3.8, 4) is 0 Å². The van der Waals surface area contributed by atoms with Crippen molar-refractivity contribution in [2.24, 2.45) is 13.0 Å². The lowest BCUT2D eigenvalue weighted by Crippen LogP contribution is -2.41. The third-order valence-corrected chi connectivity index (χ3v) is 8.23. The summed E-state index contributed by atoms with van der Waals surface area (Å²) in [6, 6.07) is 16.7. The van der Waals surface area contributed by atoms with Crippen LogP contribution in [0.25, 0.3) is 10.9 Å². The summed E-state index contributed by atoms with van der Waals surface area (Å²) in [6.07, 6.45) is 5.20. The van der Waals surface area contributed by atoms with Crippen LogP contribution in [0.5, 0.6) is 0 Å². The van der Waals surface area contributed by atoms with E-state index in [9.17, 15) is 13.2 Å². The standard InChI is InChI=1S/C26H33N3O4S/c1-29-16-14-21-18-23(12-13-25(21)29)34(31,32)28-22-10-8-20(9-11-22)26(30)27-24(15-17-33-2)19-6-4-3-5-7-19/h3-7,12-14,16,18,20,22,24,28H,8-11,15,17H2,1-2H3,(H,27,30)/t20-,22-,24-/m1/s1. The van der Waals surface area contributed by atoms with Crippen molar-refractivity contribution in [3.63, 3.8) is 0 Å². The van der Waals surface area contributed by atoms with Crippen molar-refractivity contribution in [2.45, 2.75) is 49.1 Å². The van der Waals surface area contributed by atoms with Crippen LogP contribution in [-0.2, 0) is 26.6 Å². The van der Waals surface area contributed by atoms with Crippen LogP contribution >= 0.6 is 0 Å². The van der Waals surface area contributed by atoms with Crippen molar-refractivity contribution < 1.29 is 17.9 Å². The van der Waals surface area contributed by atoms with Crippen molar-refractivity contribution >= 4 is 26.8 Å². The van der Waals surface area contributed by atoms with E-state index in [4.69, 9.17) is 4.74 Å². The molecule has 1 heterocycles. The Balaban J connectivity index is 1.34. The number of hydrogen-bond donors (Lipinski definition) is 2. The lowest BCUT2D eigenvalue weighted by atomic mass is 9.85. The maximum atomic E-state index is 13.0. The number of ether oxygens (including phenoxy) is 1. The fourth-order valence-corrected chi connectivity index (χ4v) is 6.06. The fraction of sp³-hybridized carbons (Fsp3) is 0.423. The van der Waals surface area contributed by atoms with Crippen molar-refractivity contribution in [1.29, 1.82) is 0 Å². The summed E-state index contributed by atoms with van der Waals surface area (Å²) < 4.78 is 36.0. The maximum absolute atomic E-state index is 13.0. The molecule has 0 radical (unpaired) electrons. The van der Waals surface area contributed by atoms with Crippen molar-refractivity contribution in [3.05, 3.63) is 66.4 Å². The van der Waals surface area contributed by atoms with Crippen molar-refractivity contribution in [1.82, 2.24) is 14.6 Å². The monoisotopic (exact) mass is 483 g/mol. The van der Waals surface area contributed by atoms with E-state index in [1.807, 2.05) is 60.3 Å². The van der Waals surface area contributed by atoms with Crippen molar-refractivity contribution in [2.75, 3.05) is 13.7 Å². The van der Waals surface area contributed by atoms with E-state index in [1.54, 1.807) is 19.2 Å². The Morgan fingerprint density at radius 2 is 1.82 bits per heavy atom. The summed E-state index contributed by atoms with van der Waals surface area (Å²) in [5.41, 5.74) is 2.05. The minimum atomic E-state index is -3.62. The zero-order valence-electron chi connectivity index (χ0n) is 19.7. The summed E-state index contributed by atoms with van der Waals surface area (Å²) in [6.45, 7) is 0.559. The highest BCUT2D eigenvalue weighted by Crippen LogP contribution is 2.28. The van der Waals surface area contributed by atoms with Gasteiger partial charge < -0.3 is 14.6 Å². The smallest absolute Gasteiger partial charge is 0.240 e. The third-order valence-electron chi connectivity index (χ3n) is 6.72. The van der Waals surface area contributed by atoms with Gasteiger partial charge in [0.15, 0.2) is 0 Å². The number of rotatable bonds is 9. The summed E-state index contributed by atoms with van der Waals surface area (Å²) in [4.78, 5) is 13.3. The van der Waals surface area contributed by atoms with Crippen LogP contribution in [0.2, 0.25) is 0 Å². The zero-order valence-corrected chi connectivity index (χ0v) is 20.6. The summed E-state index contributed by atoms with van der Waals surface area (Å²) >= 11 is 0. The molecular formula is C26H33N3O4S. The molecule has 4 rings (SSSR count). The van der Waals surface area contributed by atoms with Gasteiger partial charge >= 0.3 is 0 Å². The summed E-state index contributed by atoms with van der Waals surface area (Å²) in [7, 11) is -0.0285. The van der Waals surface area contributed by atoms with Crippen LogP contribution in [-0.4, -0.2) is 38.7 Å². The van der Waals surface area contributed by atoms with Gasteiger partial charge in [0.05, 0.1) is 10.9 Å². The highest BCUT2D eigenvalue weighted by Gasteiger charge is 2.30. The predicted octanol–water partition coefficient (Wildman–Crippen LogP) is 3.91. The highest BCUT2D eigenvalue weighted by atomic mass is 32.2. The number of methoxy groups -OCH3 is 1. The number of nitrogens with zero attached hydrogens (tertiary/aromatic N) is 1. The molecule has 0 bridgehead atoms.